The maximum absolute atomic E-state index is 11.6. The summed E-state index contributed by atoms with van der Waals surface area (Å²) >= 11 is 1.65. The Kier molecular flexibility index (Phi) is 4.89. The molecule has 0 aliphatic heterocycles. The molecular weight excluding hydrogens is 222 g/mol. The lowest BCUT2D eigenvalue weighted by Crippen LogP contribution is -2.34. The van der Waals surface area contributed by atoms with E-state index in [4.69, 9.17) is 5.73 Å². The average Bonchev–Trinajstić information content (AvgIpc) is 2.76. The van der Waals surface area contributed by atoms with Crippen LogP contribution in [0.2, 0.25) is 0 Å². The lowest BCUT2D eigenvalue weighted by atomic mass is 10.1. The van der Waals surface area contributed by atoms with Crippen molar-refractivity contribution >= 4 is 17.2 Å². The zero-order chi connectivity index (χ0) is 12.1. The van der Waals surface area contributed by atoms with Crippen molar-refractivity contribution in [1.82, 2.24) is 10.3 Å². The van der Waals surface area contributed by atoms with E-state index in [1.165, 1.54) is 4.88 Å². The van der Waals surface area contributed by atoms with Gasteiger partial charge in [0.1, 0.15) is 5.01 Å². The predicted octanol–water partition coefficient (Wildman–Crippen LogP) is 1.48. The van der Waals surface area contributed by atoms with Gasteiger partial charge < -0.3 is 11.1 Å². The van der Waals surface area contributed by atoms with Gasteiger partial charge in [0.15, 0.2) is 0 Å². The Hall–Kier alpha value is -0.940. The van der Waals surface area contributed by atoms with Crippen molar-refractivity contribution in [1.29, 1.82) is 0 Å². The lowest BCUT2D eigenvalue weighted by molar-refractivity contribution is -0.124. The average molecular weight is 241 g/mol. The van der Waals surface area contributed by atoms with Crippen LogP contribution in [0.15, 0.2) is 6.20 Å². The maximum Gasteiger partial charge on any atom is 0.224 e. The number of aromatic nitrogens is 1. The number of thiazole rings is 1. The fourth-order valence-electron chi connectivity index (χ4n) is 1.21. The Labute approximate surface area is 100 Å². The van der Waals surface area contributed by atoms with Crippen LogP contribution in [0.25, 0.3) is 0 Å². The third-order valence-electron chi connectivity index (χ3n) is 2.45. The van der Waals surface area contributed by atoms with Crippen molar-refractivity contribution in [3.63, 3.8) is 0 Å². The predicted molar refractivity (Wildman–Crippen MR) is 66.3 cm³/mol. The highest BCUT2D eigenvalue weighted by atomic mass is 32.1. The smallest absolute Gasteiger partial charge is 0.224 e. The minimum absolute atomic E-state index is 0.0109. The summed E-state index contributed by atoms with van der Waals surface area (Å²) in [5.41, 5.74) is 5.44. The normalized spacial score (nSPS) is 14.5. The summed E-state index contributed by atoms with van der Waals surface area (Å²) in [7, 11) is 0. The second-order valence-electron chi connectivity index (χ2n) is 3.89. The Morgan fingerprint density at radius 3 is 2.81 bits per heavy atom. The molecule has 0 fully saturated rings. The monoisotopic (exact) mass is 241 g/mol. The summed E-state index contributed by atoms with van der Waals surface area (Å²) in [6, 6.07) is -0.0354. The van der Waals surface area contributed by atoms with Crippen molar-refractivity contribution < 1.29 is 4.79 Å². The quantitative estimate of drug-likeness (QED) is 0.820. The van der Waals surface area contributed by atoms with Gasteiger partial charge in [-0.25, -0.2) is 4.98 Å². The Balaban J connectivity index is 2.58. The van der Waals surface area contributed by atoms with Gasteiger partial charge in [0.2, 0.25) is 5.91 Å². The molecule has 2 atom stereocenters. The number of rotatable bonds is 5. The topological polar surface area (TPSA) is 68.0 Å². The summed E-state index contributed by atoms with van der Waals surface area (Å²) < 4.78 is 0. The van der Waals surface area contributed by atoms with Crippen LogP contribution < -0.4 is 11.1 Å². The number of hydrogen-bond donors (Lipinski definition) is 2. The standard InChI is InChI=1S/C11H19N3OS/c1-4-9-6-13-11(16-9)8(3)14-10(15)7(2)5-12/h6-8H,4-5,12H2,1-3H3,(H,14,15). The largest absolute Gasteiger partial charge is 0.347 e. The molecule has 5 heteroatoms. The molecule has 0 aromatic carbocycles. The van der Waals surface area contributed by atoms with Crippen LogP contribution in [-0.2, 0) is 11.2 Å². The molecule has 16 heavy (non-hydrogen) atoms. The van der Waals surface area contributed by atoms with Gasteiger partial charge in [-0.1, -0.05) is 13.8 Å². The fraction of sp³-hybridized carbons (Fsp3) is 0.636. The van der Waals surface area contributed by atoms with E-state index in [1.54, 1.807) is 11.3 Å². The summed E-state index contributed by atoms with van der Waals surface area (Å²) in [5, 5.41) is 3.87. The van der Waals surface area contributed by atoms with Gasteiger partial charge in [-0.15, -0.1) is 11.3 Å². The first kappa shape index (κ1) is 13.1. The Morgan fingerprint density at radius 1 is 1.62 bits per heavy atom. The highest BCUT2D eigenvalue weighted by molar-refractivity contribution is 7.11. The second kappa shape index (κ2) is 5.96. The van der Waals surface area contributed by atoms with Crippen LogP contribution in [0.3, 0.4) is 0 Å². The molecular formula is C11H19N3OS. The van der Waals surface area contributed by atoms with E-state index in [2.05, 4.69) is 17.2 Å². The molecule has 0 spiro atoms. The molecule has 3 N–H and O–H groups in total. The second-order valence-corrected chi connectivity index (χ2v) is 5.03. The van der Waals surface area contributed by atoms with Crippen molar-refractivity contribution in [3.8, 4) is 0 Å². The van der Waals surface area contributed by atoms with Crippen molar-refractivity contribution in [3.05, 3.63) is 16.1 Å². The molecule has 4 nitrogen and oxygen atoms in total. The zero-order valence-corrected chi connectivity index (χ0v) is 10.8. The highest BCUT2D eigenvalue weighted by Gasteiger charge is 2.16. The van der Waals surface area contributed by atoms with Crippen molar-refractivity contribution in [2.24, 2.45) is 11.7 Å². The van der Waals surface area contributed by atoms with Gasteiger partial charge in [0.25, 0.3) is 0 Å². The SMILES string of the molecule is CCc1cnc(C(C)NC(=O)C(C)CN)s1. The minimum Gasteiger partial charge on any atom is -0.347 e. The number of amides is 1. The molecule has 90 valence electrons. The van der Waals surface area contributed by atoms with Crippen LogP contribution in [-0.4, -0.2) is 17.4 Å². The van der Waals surface area contributed by atoms with Gasteiger partial charge in [-0.3, -0.25) is 4.79 Å². The zero-order valence-electron chi connectivity index (χ0n) is 9.99. The van der Waals surface area contributed by atoms with Crippen LogP contribution in [0, 0.1) is 5.92 Å². The molecule has 0 saturated heterocycles. The summed E-state index contributed by atoms with van der Waals surface area (Å²) in [4.78, 5) is 17.2. The minimum atomic E-state index is -0.145. The fourth-order valence-corrected chi connectivity index (χ4v) is 2.07. The van der Waals surface area contributed by atoms with E-state index in [0.29, 0.717) is 6.54 Å². The molecule has 1 rings (SSSR count). The number of nitrogens with zero attached hydrogens (tertiary/aromatic N) is 1. The van der Waals surface area contributed by atoms with Gasteiger partial charge in [-0.05, 0) is 13.3 Å². The number of aryl methyl sites for hydroxylation is 1. The van der Waals surface area contributed by atoms with Gasteiger partial charge in [-0.2, -0.15) is 0 Å². The summed E-state index contributed by atoms with van der Waals surface area (Å²) in [5.74, 6) is -0.156. The molecule has 1 amide bonds. The maximum atomic E-state index is 11.6. The van der Waals surface area contributed by atoms with Crippen LogP contribution in [0.5, 0.6) is 0 Å². The molecule has 2 unspecified atom stereocenters. The number of hydrogen-bond acceptors (Lipinski definition) is 4. The first-order valence-corrected chi connectivity index (χ1v) is 6.35. The van der Waals surface area contributed by atoms with Crippen molar-refractivity contribution in [2.75, 3.05) is 6.54 Å². The Morgan fingerprint density at radius 2 is 2.31 bits per heavy atom. The first-order valence-electron chi connectivity index (χ1n) is 5.53. The van der Waals surface area contributed by atoms with Gasteiger partial charge in [0.05, 0.1) is 6.04 Å². The molecule has 1 aromatic rings. The van der Waals surface area contributed by atoms with E-state index >= 15 is 0 Å². The van der Waals surface area contributed by atoms with E-state index in [0.717, 1.165) is 11.4 Å². The molecule has 1 aromatic heterocycles. The van der Waals surface area contributed by atoms with Gasteiger partial charge >= 0.3 is 0 Å². The van der Waals surface area contributed by atoms with Crippen LogP contribution >= 0.6 is 11.3 Å². The van der Waals surface area contributed by atoms with Gasteiger partial charge in [0, 0.05) is 23.5 Å². The van der Waals surface area contributed by atoms with E-state index in [-0.39, 0.29) is 17.9 Å². The number of nitrogens with one attached hydrogen (secondary N) is 1. The number of nitrogens with two attached hydrogens (primary N) is 1. The molecule has 0 aliphatic carbocycles. The van der Waals surface area contributed by atoms with Crippen molar-refractivity contribution in [2.45, 2.75) is 33.2 Å². The van der Waals surface area contributed by atoms with E-state index in [9.17, 15) is 4.79 Å². The van der Waals surface area contributed by atoms with E-state index < -0.39 is 0 Å². The molecule has 0 saturated carbocycles. The molecule has 0 bridgehead atoms. The number of carbonyl (C=O) groups excluding carboxylic acids is 1. The summed E-state index contributed by atoms with van der Waals surface area (Å²) in [6.45, 7) is 6.23. The molecule has 1 heterocycles. The number of carbonyl (C=O) groups is 1. The van der Waals surface area contributed by atoms with Crippen LogP contribution in [0.1, 0.15) is 36.7 Å². The molecule has 0 radical (unpaired) electrons. The first-order chi connectivity index (χ1) is 7.58. The summed E-state index contributed by atoms with van der Waals surface area (Å²) in [6.07, 6.45) is 2.85. The Bertz CT molecular complexity index is 351. The van der Waals surface area contributed by atoms with Crippen LogP contribution in [0.4, 0.5) is 0 Å². The molecule has 0 aliphatic rings. The van der Waals surface area contributed by atoms with E-state index in [1.807, 2.05) is 20.0 Å². The third-order valence-corrected chi connectivity index (χ3v) is 3.77. The highest BCUT2D eigenvalue weighted by Crippen LogP contribution is 2.20. The third kappa shape index (κ3) is 3.28. The lowest BCUT2D eigenvalue weighted by Gasteiger charge is -2.14.